The topological polar surface area (TPSA) is 25.2 Å². The Bertz CT molecular complexity index is 345. The fourth-order valence-corrected chi connectivity index (χ4v) is 2.18. The van der Waals surface area contributed by atoms with Gasteiger partial charge >= 0.3 is 0 Å². The molecule has 2 heterocycles. The van der Waals surface area contributed by atoms with E-state index in [0.717, 1.165) is 17.1 Å². The van der Waals surface area contributed by atoms with Crippen molar-refractivity contribution >= 4 is 23.7 Å². The van der Waals surface area contributed by atoms with Gasteiger partial charge in [0.2, 0.25) is 0 Å². The van der Waals surface area contributed by atoms with Crippen LogP contribution in [0.2, 0.25) is 0 Å². The van der Waals surface area contributed by atoms with Gasteiger partial charge in [-0.05, 0) is 19.4 Å². The van der Waals surface area contributed by atoms with E-state index >= 15 is 0 Å². The van der Waals surface area contributed by atoms with Gasteiger partial charge in [-0.1, -0.05) is 0 Å². The first-order chi connectivity index (χ1) is 5.79. The molecule has 2 rings (SSSR count). The molecule has 0 N–H and O–H groups in total. The summed E-state index contributed by atoms with van der Waals surface area (Å²) >= 11 is 1.84. The van der Waals surface area contributed by atoms with Crippen LogP contribution in [-0.4, -0.2) is 17.0 Å². The zero-order chi connectivity index (χ0) is 8.55. The van der Waals surface area contributed by atoms with Crippen LogP contribution in [0.15, 0.2) is 16.1 Å². The average molecular weight is 178 g/mol. The van der Waals surface area contributed by atoms with Crippen LogP contribution < -0.4 is 0 Å². The standard InChI is InChI=1S/C9H10N2S/c1-6-5-11-7(2)8-9(6)12-4-3-10-8/h3,5H,4H2,1-2H3. The van der Waals surface area contributed by atoms with Crippen LogP contribution >= 0.6 is 11.8 Å². The third kappa shape index (κ3) is 1.14. The van der Waals surface area contributed by atoms with E-state index in [0.29, 0.717) is 0 Å². The van der Waals surface area contributed by atoms with Gasteiger partial charge in [-0.15, -0.1) is 11.8 Å². The summed E-state index contributed by atoms with van der Waals surface area (Å²) in [4.78, 5) is 9.91. The summed E-state index contributed by atoms with van der Waals surface area (Å²) in [5, 5.41) is 0. The fraction of sp³-hybridized carbons (Fsp3) is 0.333. The number of hydrogen-bond acceptors (Lipinski definition) is 3. The Morgan fingerprint density at radius 1 is 1.42 bits per heavy atom. The van der Waals surface area contributed by atoms with Crippen LogP contribution in [0.1, 0.15) is 11.3 Å². The van der Waals surface area contributed by atoms with E-state index in [1.807, 2.05) is 31.1 Å². The molecule has 62 valence electrons. The van der Waals surface area contributed by atoms with Crippen LogP contribution in [0, 0.1) is 13.8 Å². The molecule has 0 amide bonds. The highest BCUT2D eigenvalue weighted by atomic mass is 32.2. The van der Waals surface area contributed by atoms with Gasteiger partial charge in [-0.25, -0.2) is 0 Å². The van der Waals surface area contributed by atoms with E-state index in [1.54, 1.807) is 0 Å². The minimum absolute atomic E-state index is 0.983. The van der Waals surface area contributed by atoms with Crippen LogP contribution in [0.4, 0.5) is 5.69 Å². The molecule has 1 aromatic heterocycles. The van der Waals surface area contributed by atoms with Gasteiger partial charge in [-0.3, -0.25) is 9.98 Å². The van der Waals surface area contributed by atoms with E-state index in [4.69, 9.17) is 0 Å². The molecule has 0 bridgehead atoms. The molecule has 2 nitrogen and oxygen atoms in total. The second kappa shape index (κ2) is 2.90. The summed E-state index contributed by atoms with van der Waals surface area (Å²) in [6.07, 6.45) is 3.86. The molecule has 0 aliphatic carbocycles. The molecule has 3 heteroatoms. The molecule has 0 radical (unpaired) electrons. The number of aryl methyl sites for hydroxylation is 2. The monoisotopic (exact) mass is 178 g/mol. The van der Waals surface area contributed by atoms with Gasteiger partial charge in [0.25, 0.3) is 0 Å². The Morgan fingerprint density at radius 2 is 2.25 bits per heavy atom. The summed E-state index contributed by atoms with van der Waals surface area (Å²) in [5.74, 6) is 0.983. The molecular weight excluding hydrogens is 168 g/mol. The van der Waals surface area contributed by atoms with Gasteiger partial charge < -0.3 is 0 Å². The highest BCUT2D eigenvalue weighted by Gasteiger charge is 2.11. The van der Waals surface area contributed by atoms with Crippen molar-refractivity contribution in [2.75, 3.05) is 5.75 Å². The third-order valence-corrected chi connectivity index (χ3v) is 3.01. The van der Waals surface area contributed by atoms with Crippen molar-refractivity contribution in [2.24, 2.45) is 4.99 Å². The smallest absolute Gasteiger partial charge is 0.0976 e. The highest BCUT2D eigenvalue weighted by molar-refractivity contribution is 8.00. The zero-order valence-corrected chi connectivity index (χ0v) is 7.98. The zero-order valence-electron chi connectivity index (χ0n) is 7.16. The lowest BCUT2D eigenvalue weighted by Crippen LogP contribution is -1.95. The summed E-state index contributed by atoms with van der Waals surface area (Å²) in [5.41, 5.74) is 3.32. The quantitative estimate of drug-likeness (QED) is 0.610. The Hall–Kier alpha value is -0.830. The Kier molecular flexibility index (Phi) is 1.89. The van der Waals surface area contributed by atoms with E-state index < -0.39 is 0 Å². The average Bonchev–Trinajstić information content (AvgIpc) is 2.12. The lowest BCUT2D eigenvalue weighted by molar-refractivity contribution is 1.10. The molecule has 1 aliphatic rings. The van der Waals surface area contributed by atoms with Crippen LogP contribution in [0.25, 0.3) is 0 Å². The number of thioether (sulfide) groups is 1. The Morgan fingerprint density at radius 3 is 3.00 bits per heavy atom. The number of aliphatic imine (C=N–C) groups is 1. The predicted molar refractivity (Wildman–Crippen MR) is 52.6 cm³/mol. The number of pyridine rings is 1. The van der Waals surface area contributed by atoms with Crippen molar-refractivity contribution in [1.82, 2.24) is 4.98 Å². The molecular formula is C9H10N2S. The van der Waals surface area contributed by atoms with E-state index in [1.165, 1.54) is 10.5 Å². The first kappa shape index (κ1) is 7.80. The minimum atomic E-state index is 0.983. The lowest BCUT2D eigenvalue weighted by Gasteiger charge is -2.12. The van der Waals surface area contributed by atoms with Gasteiger partial charge in [0.1, 0.15) is 0 Å². The molecule has 0 aromatic carbocycles. The van der Waals surface area contributed by atoms with Crippen molar-refractivity contribution in [2.45, 2.75) is 18.7 Å². The number of aromatic nitrogens is 1. The molecule has 1 aliphatic heterocycles. The van der Waals surface area contributed by atoms with Gasteiger partial charge in [0.15, 0.2) is 0 Å². The number of rotatable bonds is 0. The second-order valence-corrected chi connectivity index (χ2v) is 3.86. The van der Waals surface area contributed by atoms with E-state index in [2.05, 4.69) is 16.9 Å². The minimum Gasteiger partial charge on any atom is -0.259 e. The second-order valence-electron chi connectivity index (χ2n) is 2.83. The van der Waals surface area contributed by atoms with Crippen molar-refractivity contribution in [3.05, 3.63) is 17.5 Å². The molecule has 0 saturated heterocycles. The normalized spacial score (nSPS) is 14.5. The molecule has 0 spiro atoms. The maximum Gasteiger partial charge on any atom is 0.0976 e. The number of fused-ring (bicyclic) bond motifs is 1. The fourth-order valence-electron chi connectivity index (χ4n) is 1.25. The van der Waals surface area contributed by atoms with Crippen LogP contribution in [-0.2, 0) is 0 Å². The number of nitrogens with zero attached hydrogens (tertiary/aromatic N) is 2. The first-order valence-corrected chi connectivity index (χ1v) is 4.89. The summed E-state index contributed by atoms with van der Waals surface area (Å²) < 4.78 is 0. The van der Waals surface area contributed by atoms with Gasteiger partial charge in [0, 0.05) is 23.1 Å². The highest BCUT2D eigenvalue weighted by Crippen LogP contribution is 2.36. The molecule has 0 atom stereocenters. The van der Waals surface area contributed by atoms with Crippen molar-refractivity contribution in [3.63, 3.8) is 0 Å². The molecule has 12 heavy (non-hydrogen) atoms. The Balaban J connectivity index is 2.67. The molecule has 1 aromatic rings. The maximum atomic E-state index is 4.35. The summed E-state index contributed by atoms with van der Waals surface area (Å²) in [6, 6.07) is 0. The predicted octanol–water partition coefficient (Wildman–Crippen LogP) is 2.51. The van der Waals surface area contributed by atoms with Gasteiger partial charge in [0.05, 0.1) is 11.4 Å². The molecule has 0 unspecified atom stereocenters. The van der Waals surface area contributed by atoms with E-state index in [-0.39, 0.29) is 0 Å². The first-order valence-electron chi connectivity index (χ1n) is 3.90. The maximum absolute atomic E-state index is 4.35. The largest absolute Gasteiger partial charge is 0.259 e. The third-order valence-electron chi connectivity index (χ3n) is 1.89. The Labute approximate surface area is 76.1 Å². The van der Waals surface area contributed by atoms with Crippen molar-refractivity contribution in [3.8, 4) is 0 Å². The van der Waals surface area contributed by atoms with Crippen molar-refractivity contribution < 1.29 is 0 Å². The van der Waals surface area contributed by atoms with Crippen LogP contribution in [0.5, 0.6) is 0 Å². The summed E-state index contributed by atoms with van der Waals surface area (Å²) in [7, 11) is 0. The van der Waals surface area contributed by atoms with Crippen LogP contribution in [0.3, 0.4) is 0 Å². The SMILES string of the molecule is Cc1cnc(C)c2c1SCC=N2. The molecule has 0 saturated carbocycles. The lowest BCUT2D eigenvalue weighted by atomic mass is 10.2. The molecule has 0 fully saturated rings. The summed E-state index contributed by atoms with van der Waals surface area (Å²) in [6.45, 7) is 4.08. The van der Waals surface area contributed by atoms with E-state index in [9.17, 15) is 0 Å². The van der Waals surface area contributed by atoms with Gasteiger partial charge in [-0.2, -0.15) is 0 Å². The van der Waals surface area contributed by atoms with Crippen molar-refractivity contribution in [1.29, 1.82) is 0 Å². The number of hydrogen-bond donors (Lipinski definition) is 0.